The SMILES string of the molecule is CC(C)CCCC(C)C1CCC2C3C(O)CC4=CC(OC(=O)c5ccc(N=Nc6ccc(OCCCCN7CCCC7)cc6)cc5)CCC4(C)C3CCC12C. The lowest BCUT2D eigenvalue weighted by Gasteiger charge is -2.60. The van der Waals surface area contributed by atoms with Gasteiger partial charge in [-0.1, -0.05) is 59.5 Å². The Morgan fingerprint density at radius 3 is 2.27 bits per heavy atom. The molecule has 1 saturated heterocycles. The summed E-state index contributed by atoms with van der Waals surface area (Å²) in [4.78, 5) is 15.9. The number of aliphatic hydroxyl groups is 1. The molecule has 2 aromatic rings. The summed E-state index contributed by atoms with van der Waals surface area (Å²) in [5, 5.41) is 20.6. The molecule has 9 unspecified atom stereocenters. The van der Waals surface area contributed by atoms with E-state index in [0.717, 1.165) is 55.1 Å². The highest BCUT2D eigenvalue weighted by atomic mass is 16.5. The van der Waals surface area contributed by atoms with Crippen molar-refractivity contribution in [1.29, 1.82) is 0 Å². The van der Waals surface area contributed by atoms with Gasteiger partial charge in [0.2, 0.25) is 0 Å². The summed E-state index contributed by atoms with van der Waals surface area (Å²) in [5.74, 6) is 4.33. The molecule has 5 aliphatic rings. The lowest BCUT2D eigenvalue weighted by molar-refractivity contribution is -0.115. The molecule has 1 N–H and O–H groups in total. The molecule has 4 aliphatic carbocycles. The molecular weight excluding hydrogens is 683 g/mol. The van der Waals surface area contributed by atoms with E-state index in [2.05, 4.69) is 55.8 Å². The van der Waals surface area contributed by atoms with Crippen LogP contribution in [0.25, 0.3) is 0 Å². The van der Waals surface area contributed by atoms with Gasteiger partial charge in [0.05, 0.1) is 29.6 Å². The maximum absolute atomic E-state index is 13.3. The zero-order valence-electron chi connectivity index (χ0n) is 34.6. The standard InChI is InChI=1S/C48H69N3O4/c1-33(2)11-10-12-34(3)41-21-22-42-45-43(24-26-48(41,42)5)47(4)25-23-40(31-36(47)32-44(45)52)55-46(53)35-13-15-37(16-14-35)49-50-38-17-19-39(20-18-38)54-30-9-8-29-51-27-6-7-28-51/h13-20,31,33-34,40-45,52H,6-12,21-30,32H2,1-5H3. The first kappa shape index (κ1) is 40.2. The first-order valence-electron chi connectivity index (χ1n) is 22.1. The summed E-state index contributed by atoms with van der Waals surface area (Å²) in [6, 6.07) is 14.9. The summed E-state index contributed by atoms with van der Waals surface area (Å²) in [7, 11) is 0. The van der Waals surface area contributed by atoms with Gasteiger partial charge in [-0.2, -0.15) is 10.2 Å². The molecule has 9 atom stereocenters. The summed E-state index contributed by atoms with van der Waals surface area (Å²) in [6.07, 6.45) is 18.2. The second kappa shape index (κ2) is 17.6. The van der Waals surface area contributed by atoms with Crippen LogP contribution < -0.4 is 4.74 Å². The van der Waals surface area contributed by atoms with Crippen LogP contribution >= 0.6 is 0 Å². The van der Waals surface area contributed by atoms with E-state index in [4.69, 9.17) is 9.47 Å². The van der Waals surface area contributed by atoms with E-state index in [1.165, 1.54) is 89.4 Å². The van der Waals surface area contributed by atoms with Crippen LogP contribution in [-0.4, -0.2) is 54.4 Å². The number of nitrogens with zero attached hydrogens (tertiary/aromatic N) is 3. The second-order valence-corrected chi connectivity index (χ2v) is 19.0. The molecule has 3 saturated carbocycles. The molecule has 1 aliphatic heterocycles. The molecular formula is C48H69N3O4. The van der Waals surface area contributed by atoms with Gasteiger partial charge in [0.15, 0.2) is 0 Å². The highest BCUT2D eigenvalue weighted by molar-refractivity contribution is 5.90. The highest BCUT2D eigenvalue weighted by Gasteiger charge is 2.61. The van der Waals surface area contributed by atoms with E-state index in [-0.39, 0.29) is 23.6 Å². The Morgan fingerprint density at radius 1 is 0.855 bits per heavy atom. The van der Waals surface area contributed by atoms with Crippen molar-refractivity contribution < 1.29 is 19.4 Å². The van der Waals surface area contributed by atoms with E-state index in [1.807, 2.05) is 36.4 Å². The summed E-state index contributed by atoms with van der Waals surface area (Å²) < 4.78 is 12.0. The van der Waals surface area contributed by atoms with E-state index >= 15 is 0 Å². The van der Waals surface area contributed by atoms with Gasteiger partial charge in [-0.3, -0.25) is 0 Å². The molecule has 1 heterocycles. The Kier molecular flexibility index (Phi) is 12.9. The molecule has 7 nitrogen and oxygen atoms in total. The van der Waals surface area contributed by atoms with Crippen LogP contribution in [-0.2, 0) is 4.74 Å². The average molecular weight is 752 g/mol. The quantitative estimate of drug-likeness (QED) is 0.0848. The molecule has 0 amide bonds. The van der Waals surface area contributed by atoms with Crippen molar-refractivity contribution in [3.05, 3.63) is 65.7 Å². The van der Waals surface area contributed by atoms with Crippen molar-refractivity contribution in [3.8, 4) is 5.75 Å². The van der Waals surface area contributed by atoms with Crippen molar-refractivity contribution in [2.24, 2.45) is 56.6 Å². The Morgan fingerprint density at radius 2 is 1.56 bits per heavy atom. The zero-order valence-corrected chi connectivity index (χ0v) is 34.6. The van der Waals surface area contributed by atoms with Crippen molar-refractivity contribution in [2.45, 2.75) is 137 Å². The number of benzene rings is 2. The molecule has 4 fully saturated rings. The van der Waals surface area contributed by atoms with Crippen LogP contribution in [0.1, 0.15) is 135 Å². The van der Waals surface area contributed by atoms with Gasteiger partial charge in [-0.05, 0) is 191 Å². The monoisotopic (exact) mass is 752 g/mol. The number of ether oxygens (including phenoxy) is 2. The smallest absolute Gasteiger partial charge is 0.338 e. The number of carbonyl (C=O) groups is 1. The first-order chi connectivity index (χ1) is 26.5. The number of aliphatic hydroxyl groups excluding tert-OH is 1. The number of esters is 1. The molecule has 7 rings (SSSR count). The third kappa shape index (κ3) is 9.09. The van der Waals surface area contributed by atoms with Gasteiger partial charge in [-0.25, -0.2) is 4.79 Å². The van der Waals surface area contributed by atoms with Gasteiger partial charge in [-0.15, -0.1) is 0 Å². The predicted octanol–water partition coefficient (Wildman–Crippen LogP) is 11.9. The van der Waals surface area contributed by atoms with Gasteiger partial charge < -0.3 is 19.5 Å². The normalized spacial score (nSPS) is 32.5. The fourth-order valence-electron chi connectivity index (χ4n) is 12.0. The van der Waals surface area contributed by atoms with Crippen LogP contribution in [0.2, 0.25) is 0 Å². The molecule has 7 heteroatoms. The van der Waals surface area contributed by atoms with E-state index in [0.29, 0.717) is 40.8 Å². The minimum Gasteiger partial charge on any atom is -0.494 e. The molecule has 300 valence electrons. The number of azo groups is 1. The molecule has 0 bridgehead atoms. The largest absolute Gasteiger partial charge is 0.494 e. The minimum absolute atomic E-state index is 0.0713. The van der Waals surface area contributed by atoms with E-state index < -0.39 is 0 Å². The number of likely N-dealkylation sites (tertiary alicyclic amines) is 1. The average Bonchev–Trinajstić information content (AvgIpc) is 3.82. The number of carbonyl (C=O) groups excluding carboxylic acids is 1. The van der Waals surface area contributed by atoms with Crippen LogP contribution in [0.3, 0.4) is 0 Å². The Bertz CT molecular complexity index is 1630. The van der Waals surface area contributed by atoms with Crippen LogP contribution in [0, 0.1) is 46.3 Å². The molecule has 0 radical (unpaired) electrons. The third-order valence-electron chi connectivity index (χ3n) is 15.1. The van der Waals surface area contributed by atoms with Crippen molar-refractivity contribution >= 4 is 17.3 Å². The highest BCUT2D eigenvalue weighted by Crippen LogP contribution is 2.68. The number of hydrogen-bond donors (Lipinski definition) is 1. The number of fused-ring (bicyclic) bond motifs is 5. The van der Waals surface area contributed by atoms with Crippen molar-refractivity contribution in [1.82, 2.24) is 4.90 Å². The second-order valence-electron chi connectivity index (χ2n) is 19.0. The van der Waals surface area contributed by atoms with Gasteiger partial charge >= 0.3 is 5.97 Å². The molecule has 0 aromatic heterocycles. The summed E-state index contributed by atoms with van der Waals surface area (Å²) >= 11 is 0. The topological polar surface area (TPSA) is 83.7 Å². The first-order valence-corrected chi connectivity index (χ1v) is 22.1. The Balaban J connectivity index is 0.896. The summed E-state index contributed by atoms with van der Waals surface area (Å²) in [6.45, 7) is 16.6. The molecule has 55 heavy (non-hydrogen) atoms. The van der Waals surface area contributed by atoms with Crippen LogP contribution in [0.5, 0.6) is 5.75 Å². The number of rotatable bonds is 15. The number of unbranched alkanes of at least 4 members (excludes halogenated alkanes) is 1. The Labute approximate surface area is 331 Å². The van der Waals surface area contributed by atoms with Crippen molar-refractivity contribution in [3.63, 3.8) is 0 Å². The van der Waals surface area contributed by atoms with Crippen molar-refractivity contribution in [2.75, 3.05) is 26.2 Å². The third-order valence-corrected chi connectivity index (χ3v) is 15.1. The fourth-order valence-corrected chi connectivity index (χ4v) is 12.0. The van der Waals surface area contributed by atoms with Crippen LogP contribution in [0.4, 0.5) is 11.4 Å². The van der Waals surface area contributed by atoms with Gasteiger partial charge in [0.1, 0.15) is 11.9 Å². The fraction of sp³-hybridized carbons (Fsp3) is 0.688. The zero-order chi connectivity index (χ0) is 38.6. The van der Waals surface area contributed by atoms with Gasteiger partial charge in [0, 0.05) is 0 Å². The maximum atomic E-state index is 13.3. The van der Waals surface area contributed by atoms with Crippen LogP contribution in [0.15, 0.2) is 70.4 Å². The minimum atomic E-state index is -0.317. The van der Waals surface area contributed by atoms with Gasteiger partial charge in [0.25, 0.3) is 0 Å². The predicted molar refractivity (Wildman–Crippen MR) is 221 cm³/mol. The maximum Gasteiger partial charge on any atom is 0.338 e. The lowest BCUT2D eigenvalue weighted by atomic mass is 9.45. The Hall–Kier alpha value is -3.03. The molecule has 2 aromatic carbocycles. The summed E-state index contributed by atoms with van der Waals surface area (Å²) in [5.41, 5.74) is 3.66. The molecule has 0 spiro atoms. The van der Waals surface area contributed by atoms with E-state index in [1.54, 1.807) is 12.1 Å². The number of hydrogen-bond acceptors (Lipinski definition) is 7. The lowest BCUT2D eigenvalue weighted by Crippen LogP contribution is -2.55. The van der Waals surface area contributed by atoms with E-state index in [9.17, 15) is 9.90 Å².